The Bertz CT molecular complexity index is 1040. The molecule has 4 rings (SSSR count). The second-order valence-corrected chi connectivity index (χ2v) is 8.35. The highest BCUT2D eigenvalue weighted by atomic mass is 16.5. The van der Waals surface area contributed by atoms with Crippen LogP contribution >= 0.6 is 0 Å². The average molecular weight is 418 g/mol. The van der Waals surface area contributed by atoms with Crippen molar-refractivity contribution in [3.63, 3.8) is 0 Å². The van der Waals surface area contributed by atoms with E-state index in [4.69, 9.17) is 4.74 Å². The molecule has 160 valence electrons. The van der Waals surface area contributed by atoms with Crippen molar-refractivity contribution < 1.29 is 14.3 Å². The number of carbonyl (C=O) groups is 2. The summed E-state index contributed by atoms with van der Waals surface area (Å²) in [6, 6.07) is 20.8. The largest absolute Gasteiger partial charge is 0.451 e. The van der Waals surface area contributed by atoms with Crippen molar-refractivity contribution in [1.29, 1.82) is 0 Å². The summed E-state index contributed by atoms with van der Waals surface area (Å²) < 4.78 is 7.00. The van der Waals surface area contributed by atoms with Crippen molar-refractivity contribution in [3.8, 4) is 16.9 Å². The molecular formula is C25H27N3O3. The Kier molecular flexibility index (Phi) is 6.16. The molecule has 2 aromatic carbocycles. The van der Waals surface area contributed by atoms with Crippen LogP contribution in [0.1, 0.15) is 30.8 Å². The number of ether oxygens (including phenoxy) is 1. The third kappa shape index (κ3) is 4.85. The minimum absolute atomic E-state index is 0.152. The quantitative estimate of drug-likeness (QED) is 0.584. The van der Waals surface area contributed by atoms with Crippen LogP contribution in [-0.4, -0.2) is 46.3 Å². The standard InChI is InChI=1S/C25H27N3O3/c1-18-13-19(2)16-27(15-18)24(29)17-31-25(30)23-14-22(20-9-5-3-6-10-20)26-28(23)21-11-7-4-8-12-21/h3-12,14,18-19H,13,15-17H2,1-2H3/t18-,19-/m0/s1. The predicted octanol–water partition coefficient (Wildman–Crippen LogP) is 4.20. The molecule has 0 unspecified atom stereocenters. The lowest BCUT2D eigenvalue weighted by molar-refractivity contribution is -0.137. The summed E-state index contributed by atoms with van der Waals surface area (Å²) in [7, 11) is 0. The maximum absolute atomic E-state index is 12.9. The smallest absolute Gasteiger partial charge is 0.357 e. The van der Waals surface area contributed by atoms with E-state index in [0.717, 1.165) is 17.7 Å². The molecular weight excluding hydrogens is 390 g/mol. The lowest BCUT2D eigenvalue weighted by Crippen LogP contribution is -2.44. The average Bonchev–Trinajstić information content (AvgIpc) is 3.23. The van der Waals surface area contributed by atoms with Crippen LogP contribution < -0.4 is 0 Å². The molecule has 31 heavy (non-hydrogen) atoms. The second-order valence-electron chi connectivity index (χ2n) is 8.35. The lowest BCUT2D eigenvalue weighted by Gasteiger charge is -2.34. The molecule has 1 amide bonds. The summed E-state index contributed by atoms with van der Waals surface area (Å²) in [5.74, 6) is 0.193. The van der Waals surface area contributed by atoms with Crippen molar-refractivity contribution in [2.75, 3.05) is 19.7 Å². The van der Waals surface area contributed by atoms with Crippen LogP contribution in [-0.2, 0) is 9.53 Å². The maximum Gasteiger partial charge on any atom is 0.357 e. The SMILES string of the molecule is C[C@H]1C[C@H](C)CN(C(=O)COC(=O)c2cc(-c3ccccc3)nn2-c2ccccc2)C1. The molecule has 0 bridgehead atoms. The molecule has 6 heteroatoms. The molecule has 0 N–H and O–H groups in total. The van der Waals surface area contributed by atoms with Crippen LogP contribution in [0.15, 0.2) is 66.7 Å². The summed E-state index contributed by atoms with van der Waals surface area (Å²) in [6.45, 7) is 5.44. The van der Waals surface area contributed by atoms with Crippen molar-refractivity contribution in [3.05, 3.63) is 72.4 Å². The fourth-order valence-corrected chi connectivity index (χ4v) is 4.20. The monoisotopic (exact) mass is 417 g/mol. The zero-order valence-corrected chi connectivity index (χ0v) is 17.9. The maximum atomic E-state index is 12.9. The number of aromatic nitrogens is 2. The highest BCUT2D eigenvalue weighted by molar-refractivity contribution is 5.91. The topological polar surface area (TPSA) is 64.4 Å². The van der Waals surface area contributed by atoms with E-state index in [2.05, 4.69) is 18.9 Å². The Labute approximate surface area is 182 Å². The summed E-state index contributed by atoms with van der Waals surface area (Å²) in [5.41, 5.74) is 2.61. The Hall–Kier alpha value is -3.41. The predicted molar refractivity (Wildman–Crippen MR) is 119 cm³/mol. The van der Waals surface area contributed by atoms with Gasteiger partial charge in [0.05, 0.1) is 11.4 Å². The summed E-state index contributed by atoms with van der Waals surface area (Å²) >= 11 is 0. The molecule has 1 aliphatic heterocycles. The number of likely N-dealkylation sites (tertiary alicyclic amines) is 1. The molecule has 0 saturated carbocycles. The van der Waals surface area contributed by atoms with E-state index in [0.29, 0.717) is 36.3 Å². The first kappa shape index (κ1) is 20.8. The zero-order valence-electron chi connectivity index (χ0n) is 17.9. The summed E-state index contributed by atoms with van der Waals surface area (Å²) in [6.07, 6.45) is 1.11. The van der Waals surface area contributed by atoms with Crippen LogP contribution in [0, 0.1) is 11.8 Å². The lowest BCUT2D eigenvalue weighted by atomic mass is 9.92. The first-order chi connectivity index (χ1) is 15.0. The number of carbonyl (C=O) groups excluding carboxylic acids is 2. The number of hydrogen-bond acceptors (Lipinski definition) is 4. The normalized spacial score (nSPS) is 18.6. The van der Waals surface area contributed by atoms with Crippen molar-refractivity contribution in [2.45, 2.75) is 20.3 Å². The number of hydrogen-bond donors (Lipinski definition) is 0. The van der Waals surface area contributed by atoms with Crippen molar-refractivity contribution >= 4 is 11.9 Å². The number of benzene rings is 2. The van der Waals surface area contributed by atoms with E-state index in [1.807, 2.05) is 60.7 Å². The minimum Gasteiger partial charge on any atom is -0.451 e. The van der Waals surface area contributed by atoms with Gasteiger partial charge < -0.3 is 9.64 Å². The Morgan fingerprint density at radius 1 is 0.968 bits per heavy atom. The van der Waals surface area contributed by atoms with Gasteiger partial charge in [0, 0.05) is 18.7 Å². The molecule has 1 aliphatic rings. The van der Waals surface area contributed by atoms with Gasteiger partial charge >= 0.3 is 5.97 Å². The molecule has 0 spiro atoms. The van der Waals surface area contributed by atoms with E-state index in [-0.39, 0.29) is 12.5 Å². The zero-order chi connectivity index (χ0) is 21.8. The van der Waals surface area contributed by atoms with Gasteiger partial charge in [-0.1, -0.05) is 62.4 Å². The number of para-hydroxylation sites is 1. The number of rotatable bonds is 5. The Morgan fingerprint density at radius 3 is 2.23 bits per heavy atom. The molecule has 1 saturated heterocycles. The van der Waals surface area contributed by atoms with E-state index in [1.54, 1.807) is 15.6 Å². The van der Waals surface area contributed by atoms with Crippen molar-refractivity contribution in [2.24, 2.45) is 11.8 Å². The summed E-state index contributed by atoms with van der Waals surface area (Å²) in [4.78, 5) is 27.4. The van der Waals surface area contributed by atoms with Gasteiger partial charge in [0.2, 0.25) is 0 Å². The number of nitrogens with zero attached hydrogens (tertiary/aromatic N) is 3. The number of amides is 1. The van der Waals surface area contributed by atoms with Gasteiger partial charge in [0.25, 0.3) is 5.91 Å². The van der Waals surface area contributed by atoms with Crippen LogP contribution in [0.5, 0.6) is 0 Å². The van der Waals surface area contributed by atoms with Gasteiger partial charge in [-0.2, -0.15) is 5.10 Å². The van der Waals surface area contributed by atoms with Gasteiger partial charge in [0.1, 0.15) is 0 Å². The Morgan fingerprint density at radius 2 is 1.58 bits per heavy atom. The second kappa shape index (κ2) is 9.16. The number of piperidine rings is 1. The molecule has 3 aromatic rings. The van der Waals surface area contributed by atoms with Gasteiger partial charge in [-0.25, -0.2) is 9.48 Å². The molecule has 0 radical (unpaired) electrons. The van der Waals surface area contributed by atoms with Crippen LogP contribution in [0.25, 0.3) is 16.9 Å². The number of esters is 1. The van der Waals surface area contributed by atoms with E-state index in [9.17, 15) is 9.59 Å². The molecule has 1 aromatic heterocycles. The highest BCUT2D eigenvalue weighted by Crippen LogP contribution is 2.23. The minimum atomic E-state index is -0.565. The van der Waals surface area contributed by atoms with Crippen LogP contribution in [0.4, 0.5) is 0 Å². The highest BCUT2D eigenvalue weighted by Gasteiger charge is 2.27. The molecule has 0 aliphatic carbocycles. The third-order valence-electron chi connectivity index (χ3n) is 5.54. The van der Waals surface area contributed by atoms with Crippen molar-refractivity contribution in [1.82, 2.24) is 14.7 Å². The van der Waals surface area contributed by atoms with E-state index < -0.39 is 5.97 Å². The van der Waals surface area contributed by atoms with E-state index in [1.165, 1.54) is 0 Å². The van der Waals surface area contributed by atoms with Crippen LogP contribution in [0.3, 0.4) is 0 Å². The van der Waals surface area contributed by atoms with Gasteiger partial charge in [-0.15, -0.1) is 0 Å². The first-order valence-electron chi connectivity index (χ1n) is 10.7. The fraction of sp³-hybridized carbons (Fsp3) is 0.320. The van der Waals surface area contributed by atoms with Gasteiger partial charge in [-0.05, 0) is 36.5 Å². The fourth-order valence-electron chi connectivity index (χ4n) is 4.20. The summed E-state index contributed by atoms with van der Waals surface area (Å²) in [5, 5.41) is 4.63. The molecule has 2 heterocycles. The van der Waals surface area contributed by atoms with Gasteiger partial charge in [0.15, 0.2) is 12.3 Å². The van der Waals surface area contributed by atoms with Gasteiger partial charge in [-0.3, -0.25) is 4.79 Å². The molecule has 6 nitrogen and oxygen atoms in total. The Balaban J connectivity index is 1.54. The van der Waals surface area contributed by atoms with Crippen LogP contribution in [0.2, 0.25) is 0 Å². The first-order valence-corrected chi connectivity index (χ1v) is 10.7. The molecule has 1 fully saturated rings. The van der Waals surface area contributed by atoms with E-state index >= 15 is 0 Å². The third-order valence-corrected chi connectivity index (χ3v) is 5.54. The molecule has 2 atom stereocenters.